The predicted molar refractivity (Wildman–Crippen MR) is 107 cm³/mol. The van der Waals surface area contributed by atoms with Gasteiger partial charge in [0.15, 0.2) is 0 Å². The van der Waals surface area contributed by atoms with Crippen molar-refractivity contribution in [3.05, 3.63) is 65.2 Å². The monoisotopic (exact) mass is 383 g/mol. The van der Waals surface area contributed by atoms with E-state index >= 15 is 0 Å². The van der Waals surface area contributed by atoms with Gasteiger partial charge in [0.25, 0.3) is 0 Å². The fourth-order valence-electron chi connectivity index (χ4n) is 4.57. The Morgan fingerprint density at radius 3 is 2.21 bits per heavy atom. The third-order valence-electron chi connectivity index (χ3n) is 5.98. The average molecular weight is 383 g/mol. The zero-order chi connectivity index (χ0) is 19.9. The van der Waals surface area contributed by atoms with Crippen LogP contribution < -0.4 is 0 Å². The minimum Gasteiger partial charge on any atom is -0.248 e. The smallest absolute Gasteiger partial charge is 0.248 e. The van der Waals surface area contributed by atoms with Crippen molar-refractivity contribution in [2.75, 3.05) is 0 Å². The number of fused-ring (bicyclic) bond motifs is 1. The molecule has 1 heterocycles. The standard InChI is InChI=1S/C24H24F3N/c1-16-11-17(2)13-20(12-16)22-8-6-19-14-18(5-7-21(19)28-22)15-23(24(25,26)27)9-3-4-10-23/h5-8,11-14H,3-4,9-10,15H2,1-2H3. The Bertz CT molecular complexity index is 994. The molecule has 0 bridgehead atoms. The first-order valence-electron chi connectivity index (χ1n) is 9.81. The molecule has 146 valence electrons. The van der Waals surface area contributed by atoms with Gasteiger partial charge >= 0.3 is 6.18 Å². The lowest BCUT2D eigenvalue weighted by Gasteiger charge is -2.31. The van der Waals surface area contributed by atoms with E-state index < -0.39 is 11.6 Å². The maximum Gasteiger partial charge on any atom is 0.394 e. The second-order valence-corrected chi connectivity index (χ2v) is 8.26. The van der Waals surface area contributed by atoms with Crippen LogP contribution in [0.1, 0.15) is 42.4 Å². The number of nitrogens with zero attached hydrogens (tertiary/aromatic N) is 1. The summed E-state index contributed by atoms with van der Waals surface area (Å²) in [6, 6.07) is 15.8. The van der Waals surface area contributed by atoms with Crippen LogP contribution in [0.2, 0.25) is 0 Å². The summed E-state index contributed by atoms with van der Waals surface area (Å²) in [4.78, 5) is 4.74. The summed E-state index contributed by atoms with van der Waals surface area (Å²) in [6.07, 6.45) is -2.30. The molecule has 1 nitrogen and oxygen atoms in total. The Labute approximate surface area is 163 Å². The van der Waals surface area contributed by atoms with Crippen LogP contribution in [0.25, 0.3) is 22.2 Å². The van der Waals surface area contributed by atoms with Crippen LogP contribution >= 0.6 is 0 Å². The molecule has 0 amide bonds. The van der Waals surface area contributed by atoms with E-state index in [2.05, 4.69) is 32.0 Å². The largest absolute Gasteiger partial charge is 0.394 e. The number of hydrogen-bond donors (Lipinski definition) is 0. The molecule has 0 saturated heterocycles. The number of hydrogen-bond acceptors (Lipinski definition) is 1. The van der Waals surface area contributed by atoms with Gasteiger partial charge in [0.2, 0.25) is 0 Å². The summed E-state index contributed by atoms with van der Waals surface area (Å²) in [5.74, 6) is 0. The lowest BCUT2D eigenvalue weighted by atomic mass is 9.79. The molecule has 3 aromatic rings. The maximum atomic E-state index is 13.7. The zero-order valence-electron chi connectivity index (χ0n) is 16.2. The van der Waals surface area contributed by atoms with Gasteiger partial charge in [-0.3, -0.25) is 0 Å². The second kappa shape index (κ2) is 6.91. The van der Waals surface area contributed by atoms with E-state index in [9.17, 15) is 13.2 Å². The van der Waals surface area contributed by atoms with Crippen LogP contribution in [-0.2, 0) is 6.42 Å². The molecule has 28 heavy (non-hydrogen) atoms. The molecule has 0 unspecified atom stereocenters. The number of aryl methyl sites for hydroxylation is 2. The number of rotatable bonds is 3. The Morgan fingerprint density at radius 2 is 1.57 bits per heavy atom. The zero-order valence-corrected chi connectivity index (χ0v) is 16.2. The number of aromatic nitrogens is 1. The van der Waals surface area contributed by atoms with Gasteiger partial charge in [-0.1, -0.05) is 42.2 Å². The van der Waals surface area contributed by atoms with E-state index in [1.54, 1.807) is 0 Å². The minimum absolute atomic E-state index is 0.0608. The predicted octanol–water partition coefficient (Wildman–Crippen LogP) is 7.18. The molecule has 1 saturated carbocycles. The Balaban J connectivity index is 1.67. The van der Waals surface area contributed by atoms with Gasteiger partial charge in [0, 0.05) is 10.9 Å². The summed E-state index contributed by atoms with van der Waals surface area (Å²) in [5.41, 5.74) is 4.30. The molecule has 1 aliphatic carbocycles. The van der Waals surface area contributed by atoms with Gasteiger partial charge in [0.05, 0.1) is 16.6 Å². The number of alkyl halides is 3. The number of halogens is 3. The summed E-state index contributed by atoms with van der Waals surface area (Å²) < 4.78 is 41.1. The highest BCUT2D eigenvalue weighted by atomic mass is 19.4. The van der Waals surface area contributed by atoms with Crippen LogP contribution in [0.5, 0.6) is 0 Å². The van der Waals surface area contributed by atoms with Crippen LogP contribution in [0.3, 0.4) is 0 Å². The van der Waals surface area contributed by atoms with E-state index in [1.807, 2.05) is 30.3 Å². The quantitative estimate of drug-likeness (QED) is 0.467. The van der Waals surface area contributed by atoms with E-state index in [-0.39, 0.29) is 19.3 Å². The summed E-state index contributed by atoms with van der Waals surface area (Å²) in [6.45, 7) is 4.12. The highest BCUT2D eigenvalue weighted by Crippen LogP contribution is 2.52. The molecule has 2 aromatic carbocycles. The van der Waals surface area contributed by atoms with Gasteiger partial charge in [-0.2, -0.15) is 13.2 Å². The minimum atomic E-state index is -4.15. The fourth-order valence-corrected chi connectivity index (χ4v) is 4.57. The highest BCUT2D eigenvalue weighted by Gasteiger charge is 2.55. The van der Waals surface area contributed by atoms with E-state index in [0.29, 0.717) is 12.8 Å². The second-order valence-electron chi connectivity index (χ2n) is 8.26. The van der Waals surface area contributed by atoms with E-state index in [0.717, 1.165) is 27.7 Å². The first-order chi connectivity index (χ1) is 13.3. The molecular weight excluding hydrogens is 359 g/mol. The van der Waals surface area contributed by atoms with Crippen LogP contribution in [0.15, 0.2) is 48.5 Å². The molecule has 1 aromatic heterocycles. The van der Waals surface area contributed by atoms with Crippen molar-refractivity contribution in [1.29, 1.82) is 0 Å². The third kappa shape index (κ3) is 3.52. The summed E-state index contributed by atoms with van der Waals surface area (Å²) >= 11 is 0. The first kappa shape index (κ1) is 19.0. The first-order valence-corrected chi connectivity index (χ1v) is 9.81. The van der Waals surface area contributed by atoms with Crippen LogP contribution in [-0.4, -0.2) is 11.2 Å². The molecule has 1 fully saturated rings. The van der Waals surface area contributed by atoms with Crippen LogP contribution in [0.4, 0.5) is 13.2 Å². The van der Waals surface area contributed by atoms with Crippen molar-refractivity contribution in [1.82, 2.24) is 4.98 Å². The Morgan fingerprint density at radius 1 is 0.893 bits per heavy atom. The SMILES string of the molecule is Cc1cc(C)cc(-c2ccc3cc(CC4(C(F)(F)F)CCCC4)ccc3n2)c1. The molecule has 4 heteroatoms. The van der Waals surface area contributed by atoms with Gasteiger partial charge in [0.1, 0.15) is 0 Å². The van der Waals surface area contributed by atoms with Crippen molar-refractivity contribution in [3.8, 4) is 11.3 Å². The molecule has 0 N–H and O–H groups in total. The normalized spacial score (nSPS) is 16.6. The number of benzene rings is 2. The van der Waals surface area contributed by atoms with Crippen LogP contribution in [0, 0.1) is 19.3 Å². The van der Waals surface area contributed by atoms with Gasteiger partial charge in [-0.05, 0) is 69.0 Å². The van der Waals surface area contributed by atoms with E-state index in [1.165, 1.54) is 11.1 Å². The Kier molecular flexibility index (Phi) is 4.68. The lowest BCUT2D eigenvalue weighted by Crippen LogP contribution is -2.37. The third-order valence-corrected chi connectivity index (χ3v) is 5.98. The molecule has 4 rings (SSSR count). The van der Waals surface area contributed by atoms with Gasteiger partial charge < -0.3 is 0 Å². The molecular formula is C24H24F3N. The van der Waals surface area contributed by atoms with Crippen molar-refractivity contribution >= 4 is 10.9 Å². The number of pyridine rings is 1. The fraction of sp³-hybridized carbons (Fsp3) is 0.375. The highest BCUT2D eigenvalue weighted by molar-refractivity contribution is 5.82. The topological polar surface area (TPSA) is 12.9 Å². The van der Waals surface area contributed by atoms with Gasteiger partial charge in [-0.25, -0.2) is 4.98 Å². The van der Waals surface area contributed by atoms with Gasteiger partial charge in [-0.15, -0.1) is 0 Å². The summed E-state index contributed by atoms with van der Waals surface area (Å²) in [5, 5.41) is 0.890. The van der Waals surface area contributed by atoms with E-state index in [4.69, 9.17) is 4.98 Å². The van der Waals surface area contributed by atoms with Crippen molar-refractivity contribution in [2.45, 2.75) is 52.1 Å². The molecule has 1 aliphatic rings. The molecule has 0 atom stereocenters. The molecule has 0 aliphatic heterocycles. The summed E-state index contributed by atoms with van der Waals surface area (Å²) in [7, 11) is 0. The van der Waals surface area contributed by atoms with Crippen molar-refractivity contribution < 1.29 is 13.2 Å². The van der Waals surface area contributed by atoms with Crippen molar-refractivity contribution in [2.24, 2.45) is 5.41 Å². The molecule has 0 spiro atoms. The molecule has 0 radical (unpaired) electrons. The maximum absolute atomic E-state index is 13.7. The Hall–Kier alpha value is -2.36. The van der Waals surface area contributed by atoms with Crippen molar-refractivity contribution in [3.63, 3.8) is 0 Å². The lowest BCUT2D eigenvalue weighted by molar-refractivity contribution is -0.222. The average Bonchev–Trinajstić information content (AvgIpc) is 3.10.